The summed E-state index contributed by atoms with van der Waals surface area (Å²) in [6.45, 7) is 2.14. The first-order valence-electron chi connectivity index (χ1n) is 10.6. The molecular formula is C24H27N3O3. The van der Waals surface area contributed by atoms with Gasteiger partial charge in [-0.3, -0.25) is 14.0 Å². The van der Waals surface area contributed by atoms with Crippen molar-refractivity contribution in [1.82, 2.24) is 9.38 Å². The first kappa shape index (κ1) is 20.1. The first-order chi connectivity index (χ1) is 14.6. The van der Waals surface area contributed by atoms with E-state index < -0.39 is 0 Å². The van der Waals surface area contributed by atoms with E-state index in [4.69, 9.17) is 4.74 Å². The van der Waals surface area contributed by atoms with Gasteiger partial charge in [0.15, 0.2) is 0 Å². The minimum atomic E-state index is -0.137. The summed E-state index contributed by atoms with van der Waals surface area (Å²) in [7, 11) is 0. The summed E-state index contributed by atoms with van der Waals surface area (Å²) in [6.07, 6.45) is 8.34. The summed E-state index contributed by atoms with van der Waals surface area (Å²) < 4.78 is 7.34. The monoisotopic (exact) mass is 405 g/mol. The number of hydrogen-bond acceptors (Lipinski definition) is 4. The molecule has 0 saturated heterocycles. The van der Waals surface area contributed by atoms with Crippen LogP contribution in [0.2, 0.25) is 0 Å². The minimum absolute atomic E-state index is 0.0404. The summed E-state index contributed by atoms with van der Waals surface area (Å²) in [5.41, 5.74) is 2.78. The van der Waals surface area contributed by atoms with Crippen molar-refractivity contribution in [2.45, 2.75) is 52.1 Å². The quantitative estimate of drug-likeness (QED) is 0.629. The number of fused-ring (bicyclic) bond motifs is 1. The van der Waals surface area contributed by atoms with Crippen molar-refractivity contribution in [3.05, 3.63) is 70.3 Å². The van der Waals surface area contributed by atoms with Gasteiger partial charge in [0.1, 0.15) is 18.0 Å². The van der Waals surface area contributed by atoms with Crippen LogP contribution in [0.15, 0.2) is 53.5 Å². The number of rotatable bonds is 7. The van der Waals surface area contributed by atoms with E-state index in [1.807, 2.05) is 37.3 Å². The molecule has 2 aromatic heterocycles. The summed E-state index contributed by atoms with van der Waals surface area (Å²) in [5.74, 6) is 1.36. The normalized spacial score (nSPS) is 14.2. The van der Waals surface area contributed by atoms with Gasteiger partial charge in [-0.25, -0.2) is 4.98 Å². The van der Waals surface area contributed by atoms with Gasteiger partial charge < -0.3 is 10.1 Å². The van der Waals surface area contributed by atoms with Crippen molar-refractivity contribution < 1.29 is 9.53 Å². The van der Waals surface area contributed by atoms with Crippen LogP contribution in [0.5, 0.6) is 5.75 Å². The lowest BCUT2D eigenvalue weighted by Crippen LogP contribution is -2.16. The smallest absolute Gasteiger partial charge is 0.258 e. The van der Waals surface area contributed by atoms with E-state index >= 15 is 0 Å². The van der Waals surface area contributed by atoms with Gasteiger partial charge in [-0.2, -0.15) is 0 Å². The zero-order valence-electron chi connectivity index (χ0n) is 17.3. The number of nitrogens with one attached hydrogen (secondary N) is 1. The molecule has 156 valence electrons. The molecule has 30 heavy (non-hydrogen) atoms. The molecule has 1 N–H and O–H groups in total. The number of carbonyl (C=O) groups excluding carboxylic acids is 1. The topological polar surface area (TPSA) is 72.7 Å². The molecule has 6 heteroatoms. The molecule has 4 rings (SSSR count). The standard InChI is InChI=1S/C24H27N3O3/c1-17-11-12-27-22(13-17)25-20(15-24(27)29)16-30-21-8-4-7-19(14-21)26-23(28)10-9-18-5-2-3-6-18/h4,7-8,11-15,18H,2-3,5-6,9-10,16H2,1H3,(H,26,28). The summed E-state index contributed by atoms with van der Waals surface area (Å²) in [4.78, 5) is 29.0. The molecule has 1 aliphatic rings. The van der Waals surface area contributed by atoms with E-state index in [0.29, 0.717) is 35.1 Å². The Bertz CT molecular complexity index is 1100. The van der Waals surface area contributed by atoms with Crippen LogP contribution in [-0.4, -0.2) is 15.3 Å². The van der Waals surface area contributed by atoms with Crippen molar-refractivity contribution >= 4 is 17.2 Å². The lowest BCUT2D eigenvalue weighted by molar-refractivity contribution is -0.116. The number of ether oxygens (including phenoxy) is 1. The van der Waals surface area contributed by atoms with Crippen LogP contribution in [0.1, 0.15) is 49.8 Å². The van der Waals surface area contributed by atoms with Gasteiger partial charge in [-0.15, -0.1) is 0 Å². The Balaban J connectivity index is 1.36. The van der Waals surface area contributed by atoms with E-state index in [1.54, 1.807) is 12.3 Å². The third kappa shape index (κ3) is 5.06. The van der Waals surface area contributed by atoms with Crippen LogP contribution in [0.4, 0.5) is 5.69 Å². The summed E-state index contributed by atoms with van der Waals surface area (Å²) in [5, 5.41) is 2.96. The highest BCUT2D eigenvalue weighted by Gasteiger charge is 2.16. The van der Waals surface area contributed by atoms with Crippen LogP contribution in [0.25, 0.3) is 5.65 Å². The van der Waals surface area contributed by atoms with Gasteiger partial charge in [0.2, 0.25) is 5.91 Å². The highest BCUT2D eigenvalue weighted by molar-refractivity contribution is 5.90. The number of aryl methyl sites for hydroxylation is 1. The molecule has 1 saturated carbocycles. The fourth-order valence-corrected chi connectivity index (χ4v) is 4.01. The summed E-state index contributed by atoms with van der Waals surface area (Å²) in [6, 6.07) is 12.5. The second-order valence-electron chi connectivity index (χ2n) is 8.07. The van der Waals surface area contributed by atoms with Crippen molar-refractivity contribution in [3.63, 3.8) is 0 Å². The lowest BCUT2D eigenvalue weighted by atomic mass is 10.0. The predicted molar refractivity (Wildman–Crippen MR) is 117 cm³/mol. The fraction of sp³-hybridized carbons (Fsp3) is 0.375. The SMILES string of the molecule is Cc1ccn2c(=O)cc(COc3cccc(NC(=O)CCC4CCCC4)c3)nc2c1. The number of pyridine rings is 1. The third-order valence-electron chi connectivity index (χ3n) is 5.63. The number of carbonyl (C=O) groups is 1. The van der Waals surface area contributed by atoms with Gasteiger partial charge in [-0.1, -0.05) is 31.7 Å². The van der Waals surface area contributed by atoms with Crippen molar-refractivity contribution in [1.29, 1.82) is 0 Å². The highest BCUT2D eigenvalue weighted by Crippen LogP contribution is 2.28. The molecule has 3 aromatic rings. The minimum Gasteiger partial charge on any atom is -0.487 e. The molecule has 6 nitrogen and oxygen atoms in total. The Hall–Kier alpha value is -3.15. The van der Waals surface area contributed by atoms with Crippen LogP contribution >= 0.6 is 0 Å². The Morgan fingerprint density at radius 3 is 2.87 bits per heavy atom. The van der Waals surface area contributed by atoms with Gasteiger partial charge >= 0.3 is 0 Å². The molecule has 0 spiro atoms. The van der Waals surface area contributed by atoms with Crippen molar-refractivity contribution in [3.8, 4) is 5.75 Å². The molecule has 0 aliphatic heterocycles. The maximum atomic E-state index is 12.3. The molecule has 1 fully saturated rings. The molecule has 0 bridgehead atoms. The molecule has 1 aromatic carbocycles. The predicted octanol–water partition coefficient (Wildman–Crippen LogP) is 4.49. The number of nitrogens with zero attached hydrogens (tertiary/aromatic N) is 2. The van der Waals surface area contributed by atoms with Gasteiger partial charge in [0, 0.05) is 30.4 Å². The second-order valence-corrected chi connectivity index (χ2v) is 8.07. The van der Waals surface area contributed by atoms with E-state index in [2.05, 4.69) is 10.3 Å². The highest BCUT2D eigenvalue weighted by atomic mass is 16.5. The largest absolute Gasteiger partial charge is 0.487 e. The number of amides is 1. The summed E-state index contributed by atoms with van der Waals surface area (Å²) >= 11 is 0. The zero-order chi connectivity index (χ0) is 20.9. The number of aromatic nitrogens is 2. The number of benzene rings is 1. The Morgan fingerprint density at radius 1 is 1.20 bits per heavy atom. The number of anilines is 1. The Labute approximate surface area is 175 Å². The average Bonchev–Trinajstić information content (AvgIpc) is 3.24. The molecule has 1 aliphatic carbocycles. The lowest BCUT2D eigenvalue weighted by Gasteiger charge is -2.11. The van der Waals surface area contributed by atoms with Crippen molar-refractivity contribution in [2.75, 3.05) is 5.32 Å². The maximum Gasteiger partial charge on any atom is 0.258 e. The van der Waals surface area contributed by atoms with E-state index in [0.717, 1.165) is 12.0 Å². The van der Waals surface area contributed by atoms with E-state index in [-0.39, 0.29) is 18.1 Å². The van der Waals surface area contributed by atoms with E-state index in [1.165, 1.54) is 36.2 Å². The van der Waals surface area contributed by atoms with Crippen molar-refractivity contribution in [2.24, 2.45) is 5.92 Å². The van der Waals surface area contributed by atoms with Crippen LogP contribution in [0, 0.1) is 12.8 Å². The van der Waals surface area contributed by atoms with Crippen LogP contribution < -0.4 is 15.6 Å². The maximum absolute atomic E-state index is 12.3. The molecular weight excluding hydrogens is 378 g/mol. The number of hydrogen-bond donors (Lipinski definition) is 1. The molecule has 0 unspecified atom stereocenters. The Kier molecular flexibility index (Phi) is 6.12. The third-order valence-corrected chi connectivity index (χ3v) is 5.63. The Morgan fingerprint density at radius 2 is 2.03 bits per heavy atom. The molecule has 0 atom stereocenters. The van der Waals surface area contributed by atoms with E-state index in [9.17, 15) is 9.59 Å². The van der Waals surface area contributed by atoms with Gasteiger partial charge in [0.05, 0.1) is 5.69 Å². The van der Waals surface area contributed by atoms with Gasteiger partial charge in [-0.05, 0) is 49.1 Å². The zero-order valence-corrected chi connectivity index (χ0v) is 17.3. The fourth-order valence-electron chi connectivity index (χ4n) is 4.01. The first-order valence-corrected chi connectivity index (χ1v) is 10.6. The molecule has 2 heterocycles. The van der Waals surface area contributed by atoms with Crippen LogP contribution in [0.3, 0.4) is 0 Å². The van der Waals surface area contributed by atoms with Crippen LogP contribution in [-0.2, 0) is 11.4 Å². The molecule has 1 amide bonds. The average molecular weight is 405 g/mol. The van der Waals surface area contributed by atoms with Gasteiger partial charge in [0.25, 0.3) is 5.56 Å². The second kappa shape index (κ2) is 9.11. The molecule has 0 radical (unpaired) electrons.